The second-order valence-electron chi connectivity index (χ2n) is 5.36. The Kier molecular flexibility index (Phi) is 3.32. The standard InChI is InChI=1S/C16H12ClN3OS/c17-13-7-19-8-14-12(13)6-15(22-14)20-16(21)11-5-10(11)9-1-3-18-4-2-9/h1-4,6-8,10-11H,5H2,(H,20,21). The Bertz CT molecular complexity index is 849. The number of thiophene rings is 1. The van der Waals surface area contributed by atoms with Crippen molar-refractivity contribution in [2.75, 3.05) is 5.32 Å². The second-order valence-corrected chi connectivity index (χ2v) is 6.85. The van der Waals surface area contributed by atoms with E-state index in [9.17, 15) is 4.79 Å². The number of fused-ring (bicyclic) bond motifs is 1. The Morgan fingerprint density at radius 2 is 2.09 bits per heavy atom. The molecule has 2 atom stereocenters. The van der Waals surface area contributed by atoms with Gasteiger partial charge in [0.05, 0.1) is 14.7 Å². The molecule has 3 aromatic heterocycles. The van der Waals surface area contributed by atoms with Crippen molar-refractivity contribution in [3.63, 3.8) is 0 Å². The van der Waals surface area contributed by atoms with E-state index < -0.39 is 0 Å². The molecule has 0 saturated heterocycles. The zero-order valence-electron chi connectivity index (χ0n) is 11.5. The minimum Gasteiger partial charge on any atom is -0.317 e. The third-order valence-corrected chi connectivity index (χ3v) is 5.19. The van der Waals surface area contributed by atoms with E-state index in [-0.39, 0.29) is 11.8 Å². The SMILES string of the molecule is O=C(Nc1cc2c(Cl)cncc2s1)C1CC1c1ccncc1. The third-order valence-electron chi connectivity index (χ3n) is 3.91. The molecule has 1 amide bonds. The smallest absolute Gasteiger partial charge is 0.228 e. The van der Waals surface area contributed by atoms with E-state index in [1.807, 2.05) is 18.2 Å². The summed E-state index contributed by atoms with van der Waals surface area (Å²) in [6.45, 7) is 0. The second kappa shape index (κ2) is 5.34. The van der Waals surface area contributed by atoms with Crippen LogP contribution in [0.2, 0.25) is 5.02 Å². The van der Waals surface area contributed by atoms with E-state index in [2.05, 4.69) is 15.3 Å². The van der Waals surface area contributed by atoms with Crippen LogP contribution in [-0.2, 0) is 4.79 Å². The number of carbonyl (C=O) groups is 1. The summed E-state index contributed by atoms with van der Waals surface area (Å²) < 4.78 is 0.976. The van der Waals surface area contributed by atoms with Gasteiger partial charge in [0.25, 0.3) is 0 Å². The summed E-state index contributed by atoms with van der Waals surface area (Å²) in [5.74, 6) is 0.418. The van der Waals surface area contributed by atoms with Crippen molar-refractivity contribution >= 4 is 43.9 Å². The highest BCUT2D eigenvalue weighted by Gasteiger charge is 2.44. The van der Waals surface area contributed by atoms with Crippen LogP contribution in [0.1, 0.15) is 17.9 Å². The first-order chi connectivity index (χ1) is 10.7. The Balaban J connectivity index is 1.49. The third kappa shape index (κ3) is 2.46. The van der Waals surface area contributed by atoms with Gasteiger partial charge in [0.2, 0.25) is 5.91 Å². The molecule has 4 rings (SSSR count). The van der Waals surface area contributed by atoms with Crippen LogP contribution in [0.15, 0.2) is 43.0 Å². The number of pyridine rings is 2. The molecule has 0 bridgehead atoms. The van der Waals surface area contributed by atoms with E-state index in [0.717, 1.165) is 21.5 Å². The largest absolute Gasteiger partial charge is 0.317 e. The van der Waals surface area contributed by atoms with Gasteiger partial charge in [-0.15, -0.1) is 11.3 Å². The Morgan fingerprint density at radius 1 is 1.27 bits per heavy atom. The molecule has 4 nitrogen and oxygen atoms in total. The first-order valence-corrected chi connectivity index (χ1v) is 8.15. The van der Waals surface area contributed by atoms with Crippen LogP contribution in [0.3, 0.4) is 0 Å². The van der Waals surface area contributed by atoms with E-state index >= 15 is 0 Å². The molecule has 1 saturated carbocycles. The number of halogens is 1. The lowest BCUT2D eigenvalue weighted by Crippen LogP contribution is -2.13. The molecule has 1 aliphatic rings. The molecule has 22 heavy (non-hydrogen) atoms. The van der Waals surface area contributed by atoms with E-state index in [0.29, 0.717) is 10.9 Å². The number of nitrogens with one attached hydrogen (secondary N) is 1. The predicted molar refractivity (Wildman–Crippen MR) is 88.3 cm³/mol. The van der Waals surface area contributed by atoms with Crippen molar-refractivity contribution in [1.29, 1.82) is 0 Å². The predicted octanol–water partition coefficient (Wildman–Crippen LogP) is 4.09. The van der Waals surface area contributed by atoms with Crippen molar-refractivity contribution in [1.82, 2.24) is 9.97 Å². The normalized spacial score (nSPS) is 20.0. The van der Waals surface area contributed by atoms with E-state index in [1.165, 1.54) is 16.9 Å². The maximum atomic E-state index is 12.4. The molecule has 1 fully saturated rings. The van der Waals surface area contributed by atoms with Gasteiger partial charge >= 0.3 is 0 Å². The molecule has 0 radical (unpaired) electrons. The Labute approximate surface area is 136 Å². The van der Waals surface area contributed by atoms with Gasteiger partial charge < -0.3 is 5.32 Å². The molecule has 3 heterocycles. The van der Waals surface area contributed by atoms with Gasteiger partial charge in [-0.05, 0) is 36.1 Å². The van der Waals surface area contributed by atoms with Crippen LogP contribution in [0.5, 0.6) is 0 Å². The lowest BCUT2D eigenvalue weighted by atomic mass is 10.1. The number of hydrogen-bond acceptors (Lipinski definition) is 4. The zero-order chi connectivity index (χ0) is 15.1. The highest BCUT2D eigenvalue weighted by Crippen LogP contribution is 2.48. The molecule has 3 aromatic rings. The molecule has 6 heteroatoms. The topological polar surface area (TPSA) is 54.9 Å². The summed E-state index contributed by atoms with van der Waals surface area (Å²) in [6.07, 6.45) is 7.80. The molecule has 2 unspecified atom stereocenters. The maximum absolute atomic E-state index is 12.4. The Morgan fingerprint density at radius 3 is 2.86 bits per heavy atom. The summed E-state index contributed by atoms with van der Waals surface area (Å²) in [7, 11) is 0. The summed E-state index contributed by atoms with van der Waals surface area (Å²) in [5.41, 5.74) is 1.18. The van der Waals surface area contributed by atoms with E-state index in [1.54, 1.807) is 24.8 Å². The maximum Gasteiger partial charge on any atom is 0.228 e. The molecular weight excluding hydrogens is 318 g/mol. The van der Waals surface area contributed by atoms with Crippen LogP contribution < -0.4 is 5.32 Å². The lowest BCUT2D eigenvalue weighted by Gasteiger charge is -2.01. The number of hydrogen-bond donors (Lipinski definition) is 1. The summed E-state index contributed by atoms with van der Waals surface area (Å²) >= 11 is 7.60. The zero-order valence-corrected chi connectivity index (χ0v) is 13.1. The van der Waals surface area contributed by atoms with Crippen molar-refractivity contribution in [3.8, 4) is 0 Å². The van der Waals surface area contributed by atoms with Gasteiger partial charge in [-0.25, -0.2) is 0 Å². The number of nitrogens with zero attached hydrogens (tertiary/aromatic N) is 2. The molecule has 0 aromatic carbocycles. The van der Waals surface area contributed by atoms with Gasteiger partial charge in [0.15, 0.2) is 0 Å². The highest BCUT2D eigenvalue weighted by molar-refractivity contribution is 7.23. The molecule has 0 spiro atoms. The van der Waals surface area contributed by atoms with Crippen LogP contribution in [0.4, 0.5) is 5.00 Å². The van der Waals surface area contributed by atoms with Gasteiger partial charge in [-0.2, -0.15) is 0 Å². The van der Waals surface area contributed by atoms with Crippen LogP contribution >= 0.6 is 22.9 Å². The van der Waals surface area contributed by atoms with E-state index in [4.69, 9.17) is 11.6 Å². The van der Waals surface area contributed by atoms with Gasteiger partial charge in [-0.3, -0.25) is 14.8 Å². The Hall–Kier alpha value is -1.98. The number of rotatable bonds is 3. The van der Waals surface area contributed by atoms with Crippen LogP contribution in [-0.4, -0.2) is 15.9 Å². The number of carbonyl (C=O) groups excluding carboxylic acids is 1. The quantitative estimate of drug-likeness (QED) is 0.787. The van der Waals surface area contributed by atoms with Crippen molar-refractivity contribution in [3.05, 3.63) is 53.6 Å². The summed E-state index contributed by atoms with van der Waals surface area (Å²) in [6, 6.07) is 5.86. The fourth-order valence-electron chi connectivity index (χ4n) is 2.67. The first-order valence-electron chi connectivity index (χ1n) is 6.96. The van der Waals surface area contributed by atoms with Crippen molar-refractivity contribution < 1.29 is 4.79 Å². The number of amides is 1. The van der Waals surface area contributed by atoms with Crippen LogP contribution in [0, 0.1) is 5.92 Å². The highest BCUT2D eigenvalue weighted by atomic mass is 35.5. The minimum absolute atomic E-state index is 0.0428. The number of aromatic nitrogens is 2. The monoisotopic (exact) mass is 329 g/mol. The molecule has 110 valence electrons. The average Bonchev–Trinajstić information content (AvgIpc) is 3.23. The molecular formula is C16H12ClN3OS. The summed E-state index contributed by atoms with van der Waals surface area (Å²) in [5, 5.41) is 5.35. The fraction of sp³-hybridized carbons (Fsp3) is 0.188. The molecule has 0 aliphatic heterocycles. The van der Waals surface area contributed by atoms with Gasteiger partial charge in [-0.1, -0.05) is 11.6 Å². The number of anilines is 1. The average molecular weight is 330 g/mol. The van der Waals surface area contributed by atoms with Crippen molar-refractivity contribution in [2.45, 2.75) is 12.3 Å². The first kappa shape index (κ1) is 13.7. The lowest BCUT2D eigenvalue weighted by molar-refractivity contribution is -0.117. The summed E-state index contributed by atoms with van der Waals surface area (Å²) in [4.78, 5) is 20.4. The van der Waals surface area contributed by atoms with Gasteiger partial charge in [0.1, 0.15) is 0 Å². The fourth-order valence-corrected chi connectivity index (χ4v) is 3.89. The molecule has 1 N–H and O–H groups in total. The molecule has 1 aliphatic carbocycles. The minimum atomic E-state index is 0.0428. The van der Waals surface area contributed by atoms with Crippen molar-refractivity contribution in [2.24, 2.45) is 5.92 Å². The van der Waals surface area contributed by atoms with Gasteiger partial charge in [0, 0.05) is 36.1 Å². The van der Waals surface area contributed by atoms with Crippen LogP contribution in [0.25, 0.3) is 10.1 Å².